The van der Waals surface area contributed by atoms with Gasteiger partial charge in [0, 0.05) is 30.5 Å². The minimum absolute atomic E-state index is 0.0105. The summed E-state index contributed by atoms with van der Waals surface area (Å²) in [7, 11) is 1.59. The molecule has 3 heterocycles. The van der Waals surface area contributed by atoms with Crippen molar-refractivity contribution in [1.29, 1.82) is 0 Å². The highest BCUT2D eigenvalue weighted by molar-refractivity contribution is 5.78. The monoisotopic (exact) mass is 409 g/mol. The van der Waals surface area contributed by atoms with Crippen molar-refractivity contribution < 1.29 is 27.4 Å². The number of pyridine rings is 2. The zero-order valence-corrected chi connectivity index (χ0v) is 16.0. The third-order valence-corrected chi connectivity index (χ3v) is 4.87. The fourth-order valence-electron chi connectivity index (χ4n) is 3.42. The fraction of sp³-hybridized carbons (Fsp3) is 0.450. The number of hydrogen-bond donors (Lipinski definition) is 0. The average Bonchev–Trinajstić information content (AvgIpc) is 2.72. The molecule has 9 heteroatoms. The van der Waals surface area contributed by atoms with Crippen LogP contribution in [-0.4, -0.2) is 47.1 Å². The lowest BCUT2D eigenvalue weighted by molar-refractivity contribution is -0.141. The Labute approximate surface area is 166 Å². The molecule has 3 rings (SSSR count). The molecule has 29 heavy (non-hydrogen) atoms. The molecule has 0 bridgehead atoms. The van der Waals surface area contributed by atoms with Gasteiger partial charge in [-0.25, -0.2) is 4.98 Å². The maximum atomic E-state index is 12.7. The van der Waals surface area contributed by atoms with Crippen LogP contribution in [0.5, 0.6) is 11.5 Å². The maximum Gasteiger partial charge on any atom is 0.433 e. The van der Waals surface area contributed by atoms with Crippen molar-refractivity contribution in [2.24, 2.45) is 0 Å². The number of nitrogens with zero attached hydrogens (tertiary/aromatic N) is 3. The molecule has 2 aromatic heterocycles. The van der Waals surface area contributed by atoms with Crippen molar-refractivity contribution in [3.63, 3.8) is 0 Å². The van der Waals surface area contributed by atoms with E-state index in [4.69, 9.17) is 9.47 Å². The molecular formula is C20H22F3N3O3. The number of ether oxygens (including phenoxy) is 2. The van der Waals surface area contributed by atoms with Crippen LogP contribution in [0.15, 0.2) is 36.8 Å². The number of halogens is 3. The molecule has 0 radical (unpaired) electrons. The molecular weight excluding hydrogens is 387 g/mol. The second-order valence-electron chi connectivity index (χ2n) is 6.79. The Kier molecular flexibility index (Phi) is 6.56. The summed E-state index contributed by atoms with van der Waals surface area (Å²) in [6.07, 6.45) is 3.23. The first-order valence-corrected chi connectivity index (χ1v) is 9.31. The Hall–Kier alpha value is -2.84. The van der Waals surface area contributed by atoms with Crippen LogP contribution >= 0.6 is 0 Å². The van der Waals surface area contributed by atoms with Gasteiger partial charge in [-0.05, 0) is 43.9 Å². The van der Waals surface area contributed by atoms with Crippen LogP contribution in [0.1, 0.15) is 30.5 Å². The lowest BCUT2D eigenvalue weighted by Crippen LogP contribution is -2.46. The molecule has 1 aliphatic heterocycles. The smallest absolute Gasteiger partial charge is 0.433 e. The number of hydrogen-bond acceptors (Lipinski definition) is 5. The summed E-state index contributed by atoms with van der Waals surface area (Å²) >= 11 is 0. The first-order valence-electron chi connectivity index (χ1n) is 9.31. The van der Waals surface area contributed by atoms with E-state index in [1.54, 1.807) is 30.5 Å². The molecule has 156 valence electrons. The van der Waals surface area contributed by atoms with Crippen molar-refractivity contribution in [3.05, 3.63) is 48.0 Å². The van der Waals surface area contributed by atoms with Crippen molar-refractivity contribution in [1.82, 2.24) is 14.9 Å². The van der Waals surface area contributed by atoms with E-state index in [0.29, 0.717) is 13.0 Å². The van der Waals surface area contributed by atoms with Crippen LogP contribution in [0.25, 0.3) is 0 Å². The number of amides is 1. The second-order valence-corrected chi connectivity index (χ2v) is 6.79. The number of rotatable bonds is 6. The molecule has 1 saturated heterocycles. The molecule has 0 N–H and O–H groups in total. The summed E-state index contributed by atoms with van der Waals surface area (Å²) in [6.45, 7) is 0.356. The molecule has 1 amide bonds. The highest BCUT2D eigenvalue weighted by atomic mass is 19.4. The number of alkyl halides is 3. The highest BCUT2D eigenvalue weighted by Gasteiger charge is 2.32. The van der Waals surface area contributed by atoms with Crippen LogP contribution in [0.3, 0.4) is 0 Å². The predicted molar refractivity (Wildman–Crippen MR) is 98.6 cm³/mol. The largest absolute Gasteiger partial charge is 0.496 e. The lowest BCUT2D eigenvalue weighted by atomic mass is 9.96. The van der Waals surface area contributed by atoms with Crippen LogP contribution in [0.2, 0.25) is 0 Å². The number of likely N-dealkylation sites (tertiary alicyclic amines) is 1. The van der Waals surface area contributed by atoms with Gasteiger partial charge in [0.15, 0.2) is 6.61 Å². The molecule has 0 unspecified atom stereocenters. The topological polar surface area (TPSA) is 64.5 Å². The summed E-state index contributed by atoms with van der Waals surface area (Å²) in [5.74, 6) is 0.636. The minimum Gasteiger partial charge on any atom is -0.496 e. The lowest BCUT2D eigenvalue weighted by Gasteiger charge is -2.36. The van der Waals surface area contributed by atoms with Gasteiger partial charge < -0.3 is 14.4 Å². The molecule has 0 saturated carbocycles. The molecule has 0 aromatic carbocycles. The minimum atomic E-state index is -4.51. The fourth-order valence-corrected chi connectivity index (χ4v) is 3.42. The van der Waals surface area contributed by atoms with Gasteiger partial charge in [-0.3, -0.25) is 9.78 Å². The van der Waals surface area contributed by atoms with Gasteiger partial charge >= 0.3 is 6.18 Å². The van der Waals surface area contributed by atoms with Crippen LogP contribution in [-0.2, 0) is 17.4 Å². The first-order chi connectivity index (χ1) is 13.9. The van der Waals surface area contributed by atoms with E-state index in [9.17, 15) is 18.0 Å². The van der Waals surface area contributed by atoms with E-state index in [0.717, 1.165) is 48.9 Å². The zero-order valence-electron chi connectivity index (χ0n) is 16.0. The Bertz CT molecular complexity index is 828. The molecule has 6 nitrogen and oxygen atoms in total. The SMILES string of the molecule is COc1ccncc1C[C@H]1CCCCN1C(=O)COc1ccc(C(F)(F)F)nc1. The molecule has 1 atom stereocenters. The molecule has 0 aliphatic carbocycles. The third kappa shape index (κ3) is 5.36. The third-order valence-electron chi connectivity index (χ3n) is 4.87. The Balaban J connectivity index is 1.62. The van der Waals surface area contributed by atoms with Crippen molar-refractivity contribution in [3.8, 4) is 11.5 Å². The number of aromatic nitrogens is 2. The van der Waals surface area contributed by atoms with Gasteiger partial charge in [0.2, 0.25) is 0 Å². The van der Waals surface area contributed by atoms with Gasteiger partial charge in [-0.15, -0.1) is 0 Å². The summed E-state index contributed by atoms with van der Waals surface area (Å²) in [5, 5.41) is 0. The van der Waals surface area contributed by atoms with Crippen molar-refractivity contribution in [2.45, 2.75) is 37.9 Å². The van der Waals surface area contributed by atoms with E-state index < -0.39 is 11.9 Å². The summed E-state index contributed by atoms with van der Waals surface area (Å²) in [6, 6.07) is 3.77. The predicted octanol–water partition coefficient (Wildman–Crippen LogP) is 3.51. The van der Waals surface area contributed by atoms with Gasteiger partial charge in [-0.1, -0.05) is 0 Å². The standard InChI is InChI=1S/C20H22F3N3O3/c1-28-17-7-8-24-11-14(17)10-15-4-2-3-9-26(15)19(27)13-29-16-5-6-18(25-12-16)20(21,22)23/h5-8,11-12,15H,2-4,9-10,13H2,1H3/t15-/m1/s1. The molecule has 1 aliphatic rings. The van der Waals surface area contributed by atoms with Gasteiger partial charge in [-0.2, -0.15) is 13.2 Å². The first kappa shape index (κ1) is 20.9. The Morgan fingerprint density at radius 2 is 2.07 bits per heavy atom. The second kappa shape index (κ2) is 9.11. The van der Waals surface area contributed by atoms with E-state index in [1.165, 1.54) is 0 Å². The van der Waals surface area contributed by atoms with Gasteiger partial charge in [0.05, 0.1) is 13.3 Å². The van der Waals surface area contributed by atoms with E-state index in [-0.39, 0.29) is 24.3 Å². The summed E-state index contributed by atoms with van der Waals surface area (Å²) in [4.78, 5) is 21.9. The van der Waals surface area contributed by atoms with E-state index in [1.807, 2.05) is 0 Å². The van der Waals surface area contributed by atoms with Crippen LogP contribution < -0.4 is 9.47 Å². The van der Waals surface area contributed by atoms with Gasteiger partial charge in [0.25, 0.3) is 5.91 Å². The highest BCUT2D eigenvalue weighted by Crippen LogP contribution is 2.28. The number of piperidine rings is 1. The number of methoxy groups -OCH3 is 1. The average molecular weight is 409 g/mol. The maximum absolute atomic E-state index is 12.7. The molecule has 1 fully saturated rings. The van der Waals surface area contributed by atoms with Crippen LogP contribution in [0, 0.1) is 0 Å². The van der Waals surface area contributed by atoms with Crippen molar-refractivity contribution >= 4 is 5.91 Å². The quantitative estimate of drug-likeness (QED) is 0.731. The normalized spacial score (nSPS) is 17.1. The Morgan fingerprint density at radius 3 is 2.76 bits per heavy atom. The number of carbonyl (C=O) groups excluding carboxylic acids is 1. The molecule has 2 aromatic rings. The van der Waals surface area contributed by atoms with E-state index in [2.05, 4.69) is 9.97 Å². The summed E-state index contributed by atoms with van der Waals surface area (Å²) in [5.41, 5.74) is -0.0785. The summed E-state index contributed by atoms with van der Waals surface area (Å²) < 4.78 is 48.5. The van der Waals surface area contributed by atoms with Gasteiger partial charge in [0.1, 0.15) is 17.2 Å². The van der Waals surface area contributed by atoms with E-state index >= 15 is 0 Å². The number of carbonyl (C=O) groups is 1. The zero-order chi connectivity index (χ0) is 20.9. The van der Waals surface area contributed by atoms with Crippen LogP contribution in [0.4, 0.5) is 13.2 Å². The molecule has 0 spiro atoms. The van der Waals surface area contributed by atoms with Crippen molar-refractivity contribution in [2.75, 3.05) is 20.3 Å². The Morgan fingerprint density at radius 1 is 1.24 bits per heavy atom.